The summed E-state index contributed by atoms with van der Waals surface area (Å²) in [6.07, 6.45) is 5.33. The molecule has 2 aromatic carbocycles. The van der Waals surface area contributed by atoms with Crippen molar-refractivity contribution in [2.45, 2.75) is 19.4 Å². The number of rotatable bonds is 5. The van der Waals surface area contributed by atoms with E-state index in [1.54, 1.807) is 6.20 Å². The fourth-order valence-electron chi connectivity index (χ4n) is 4.72. The van der Waals surface area contributed by atoms with Gasteiger partial charge in [-0.1, -0.05) is 35.9 Å². The third kappa shape index (κ3) is 4.25. The molecule has 4 heterocycles. The maximum Gasteiger partial charge on any atom is 0.231 e. The first-order chi connectivity index (χ1) is 17.2. The monoisotopic (exact) mass is 489 g/mol. The topological polar surface area (TPSA) is 81.0 Å². The second-order valence-electron chi connectivity index (χ2n) is 8.78. The van der Waals surface area contributed by atoms with Gasteiger partial charge in [-0.15, -0.1) is 0 Å². The quantitative estimate of drug-likeness (QED) is 0.450. The van der Waals surface area contributed by atoms with Crippen LogP contribution in [0.3, 0.4) is 0 Å². The molecule has 0 aliphatic carbocycles. The number of benzene rings is 2. The number of piperidine rings is 1. The number of carbonyl (C=O) groups is 1. The molecule has 4 aromatic rings. The first kappa shape index (κ1) is 21.7. The molecule has 0 radical (unpaired) electrons. The van der Waals surface area contributed by atoms with Gasteiger partial charge >= 0.3 is 0 Å². The number of aromatic nitrogens is 3. The van der Waals surface area contributed by atoms with Gasteiger partial charge in [-0.2, -0.15) is 5.10 Å². The lowest BCUT2D eigenvalue weighted by Crippen LogP contribution is -2.43. The molecule has 0 unspecified atom stereocenters. The van der Waals surface area contributed by atoms with E-state index in [2.05, 4.69) is 15.2 Å². The Labute approximate surface area is 207 Å². The number of carbonyl (C=O) groups excluding carboxylic acids is 1. The van der Waals surface area contributed by atoms with E-state index in [1.807, 2.05) is 59.2 Å². The Morgan fingerprint density at radius 3 is 2.94 bits per heavy atom. The van der Waals surface area contributed by atoms with E-state index >= 15 is 0 Å². The lowest BCUT2D eigenvalue weighted by Gasteiger charge is -2.33. The molecule has 178 valence electrons. The third-order valence-electron chi connectivity index (χ3n) is 6.51. The molecule has 0 spiro atoms. The van der Waals surface area contributed by atoms with Crippen LogP contribution in [-0.2, 0) is 11.3 Å². The average molecular weight is 490 g/mol. The number of fused-ring (bicyclic) bond motifs is 2. The van der Waals surface area contributed by atoms with Crippen LogP contribution in [0.25, 0.3) is 16.8 Å². The number of nitrogens with zero attached hydrogens (tertiary/aromatic N) is 4. The number of halogens is 1. The molecule has 1 amide bonds. The molecule has 1 saturated heterocycles. The van der Waals surface area contributed by atoms with E-state index in [-0.39, 0.29) is 18.6 Å². The Bertz CT molecular complexity index is 1410. The largest absolute Gasteiger partial charge is 0.454 e. The van der Waals surface area contributed by atoms with Gasteiger partial charge < -0.3 is 19.7 Å². The Morgan fingerprint density at radius 1 is 1.14 bits per heavy atom. The lowest BCUT2D eigenvalue weighted by atomic mass is 9.97. The van der Waals surface area contributed by atoms with Gasteiger partial charge in [0.1, 0.15) is 5.52 Å². The summed E-state index contributed by atoms with van der Waals surface area (Å²) < 4.78 is 12.6. The molecule has 2 aliphatic rings. The zero-order chi connectivity index (χ0) is 23.8. The van der Waals surface area contributed by atoms with Crippen LogP contribution in [0.4, 0.5) is 5.82 Å². The molecule has 2 aromatic heterocycles. The summed E-state index contributed by atoms with van der Waals surface area (Å²) in [5, 5.41) is 8.45. The summed E-state index contributed by atoms with van der Waals surface area (Å²) in [7, 11) is 0. The normalized spacial score (nSPS) is 17.1. The Balaban J connectivity index is 1.18. The number of nitrogens with one attached hydrogen (secondary N) is 1. The first-order valence-corrected chi connectivity index (χ1v) is 12.0. The lowest BCUT2D eigenvalue weighted by molar-refractivity contribution is -0.125. The SMILES string of the molecule is O=C(NCc1ccc2c(c1)OCO2)[C@@H]1CCCN(c2nccn3nc(-c4ccccc4Cl)cc23)C1. The van der Waals surface area contributed by atoms with E-state index < -0.39 is 0 Å². The van der Waals surface area contributed by atoms with Crippen molar-refractivity contribution in [2.75, 3.05) is 24.8 Å². The van der Waals surface area contributed by atoms with Crippen LogP contribution in [0.15, 0.2) is 60.9 Å². The van der Waals surface area contributed by atoms with Gasteiger partial charge in [-0.05, 0) is 42.7 Å². The highest BCUT2D eigenvalue weighted by Gasteiger charge is 2.28. The highest BCUT2D eigenvalue weighted by atomic mass is 35.5. The van der Waals surface area contributed by atoms with Crippen molar-refractivity contribution >= 4 is 28.8 Å². The van der Waals surface area contributed by atoms with Crippen LogP contribution < -0.4 is 19.7 Å². The molecular formula is C26H24ClN5O3. The highest BCUT2D eigenvalue weighted by molar-refractivity contribution is 6.33. The van der Waals surface area contributed by atoms with Crippen LogP contribution >= 0.6 is 11.6 Å². The van der Waals surface area contributed by atoms with Gasteiger partial charge in [0, 0.05) is 37.6 Å². The number of anilines is 1. The van der Waals surface area contributed by atoms with Crippen molar-refractivity contribution in [3.05, 3.63) is 71.5 Å². The summed E-state index contributed by atoms with van der Waals surface area (Å²) in [4.78, 5) is 19.9. The molecule has 35 heavy (non-hydrogen) atoms. The van der Waals surface area contributed by atoms with Crippen molar-refractivity contribution in [1.82, 2.24) is 19.9 Å². The molecule has 9 heteroatoms. The second kappa shape index (κ2) is 9.11. The molecule has 1 N–H and O–H groups in total. The predicted molar refractivity (Wildman–Crippen MR) is 133 cm³/mol. The molecule has 1 fully saturated rings. The Morgan fingerprint density at radius 2 is 2.03 bits per heavy atom. The van der Waals surface area contributed by atoms with E-state index in [0.29, 0.717) is 18.1 Å². The second-order valence-corrected chi connectivity index (χ2v) is 9.19. The summed E-state index contributed by atoms with van der Waals surface area (Å²) in [6.45, 7) is 2.13. The van der Waals surface area contributed by atoms with Crippen LogP contribution in [0.2, 0.25) is 5.02 Å². The smallest absolute Gasteiger partial charge is 0.231 e. The van der Waals surface area contributed by atoms with Gasteiger partial charge in [0.05, 0.1) is 16.6 Å². The van der Waals surface area contributed by atoms with Crippen molar-refractivity contribution < 1.29 is 14.3 Å². The summed E-state index contributed by atoms with van der Waals surface area (Å²) in [6, 6.07) is 15.4. The van der Waals surface area contributed by atoms with Crippen LogP contribution in [0.1, 0.15) is 18.4 Å². The number of amides is 1. The minimum atomic E-state index is -0.120. The minimum absolute atomic E-state index is 0.0459. The standard InChI is InChI=1S/C26H24ClN5O3/c27-20-6-2-1-5-19(20)21-13-22-25(28-9-11-32(22)30-21)31-10-3-4-18(15-31)26(33)29-14-17-7-8-23-24(12-17)35-16-34-23/h1-2,5-9,11-13,18H,3-4,10,14-16H2,(H,29,33)/t18-/m1/s1. The summed E-state index contributed by atoms with van der Waals surface area (Å²) in [5.41, 5.74) is 3.54. The molecule has 0 bridgehead atoms. The number of hydrogen-bond donors (Lipinski definition) is 1. The van der Waals surface area contributed by atoms with E-state index in [0.717, 1.165) is 59.0 Å². The predicted octanol–water partition coefficient (Wildman–Crippen LogP) is 4.31. The van der Waals surface area contributed by atoms with Crippen molar-refractivity contribution in [2.24, 2.45) is 5.92 Å². The van der Waals surface area contributed by atoms with Gasteiger partial charge in [-0.3, -0.25) is 4.79 Å². The van der Waals surface area contributed by atoms with Crippen LogP contribution in [-0.4, -0.2) is 40.4 Å². The zero-order valence-corrected chi connectivity index (χ0v) is 19.7. The molecule has 8 nitrogen and oxygen atoms in total. The van der Waals surface area contributed by atoms with Gasteiger partial charge in [0.2, 0.25) is 12.7 Å². The van der Waals surface area contributed by atoms with E-state index in [4.69, 9.17) is 26.2 Å². The summed E-state index contributed by atoms with van der Waals surface area (Å²) >= 11 is 6.40. The van der Waals surface area contributed by atoms with E-state index in [1.165, 1.54) is 0 Å². The molecule has 0 saturated carbocycles. The van der Waals surface area contributed by atoms with Gasteiger partial charge in [0.15, 0.2) is 17.3 Å². The van der Waals surface area contributed by atoms with Crippen molar-refractivity contribution in [3.63, 3.8) is 0 Å². The van der Waals surface area contributed by atoms with Crippen molar-refractivity contribution in [1.29, 1.82) is 0 Å². The average Bonchev–Trinajstić information content (AvgIpc) is 3.54. The molecule has 2 aliphatic heterocycles. The van der Waals surface area contributed by atoms with Gasteiger partial charge in [0.25, 0.3) is 0 Å². The van der Waals surface area contributed by atoms with E-state index in [9.17, 15) is 4.79 Å². The molecule has 6 rings (SSSR count). The van der Waals surface area contributed by atoms with Gasteiger partial charge in [-0.25, -0.2) is 9.50 Å². The molecule has 1 atom stereocenters. The first-order valence-electron chi connectivity index (χ1n) is 11.7. The molecular weight excluding hydrogens is 466 g/mol. The minimum Gasteiger partial charge on any atom is -0.454 e. The Hall–Kier alpha value is -3.78. The summed E-state index contributed by atoms with van der Waals surface area (Å²) in [5.74, 6) is 2.21. The van der Waals surface area contributed by atoms with Crippen LogP contribution in [0, 0.1) is 5.92 Å². The maximum atomic E-state index is 13.0. The number of ether oxygens (including phenoxy) is 2. The third-order valence-corrected chi connectivity index (χ3v) is 6.84. The maximum absolute atomic E-state index is 13.0. The Kier molecular flexibility index (Phi) is 5.66. The number of hydrogen-bond acceptors (Lipinski definition) is 6. The van der Waals surface area contributed by atoms with Crippen molar-refractivity contribution in [3.8, 4) is 22.8 Å². The fraction of sp³-hybridized carbons (Fsp3) is 0.269. The fourth-order valence-corrected chi connectivity index (χ4v) is 4.95. The zero-order valence-electron chi connectivity index (χ0n) is 19.0. The van der Waals surface area contributed by atoms with Crippen LogP contribution in [0.5, 0.6) is 11.5 Å². The highest BCUT2D eigenvalue weighted by Crippen LogP contribution is 2.33.